The first kappa shape index (κ1) is 22.8. The number of hydrogen-bond donors (Lipinski definition) is 0. The van der Waals surface area contributed by atoms with Gasteiger partial charge in [-0.1, -0.05) is 61.9 Å². The van der Waals surface area contributed by atoms with Crippen molar-refractivity contribution in [3.05, 3.63) is 121 Å². The van der Waals surface area contributed by atoms with Crippen LogP contribution in [0.25, 0.3) is 49.7 Å². The number of hydrogen-bond acceptors (Lipinski definition) is 2. The standard InChI is InChI=1S/C34H27N3/c1-2-3-8-28-23-36-18-17-30(28)27-11-6-9-25(20-27)26-10-7-12-29(21-26)37-33-14-5-4-13-31(33)32-19-24(22-35)15-16-34(32)37/h4-7,9-21,23H,2-3,8H2,1H3. The van der Waals surface area contributed by atoms with E-state index >= 15 is 0 Å². The molecule has 3 nitrogen and oxygen atoms in total. The summed E-state index contributed by atoms with van der Waals surface area (Å²) in [4.78, 5) is 4.38. The lowest BCUT2D eigenvalue weighted by Gasteiger charge is -2.12. The van der Waals surface area contributed by atoms with Crippen LogP contribution in [0.1, 0.15) is 30.9 Å². The maximum atomic E-state index is 9.46. The zero-order chi connectivity index (χ0) is 25.2. The second kappa shape index (κ2) is 9.76. The topological polar surface area (TPSA) is 41.6 Å². The SMILES string of the molecule is CCCCc1cnccc1-c1cccc(-c2cccc(-n3c4ccccc4c4cc(C#N)ccc43)c2)c1. The van der Waals surface area contributed by atoms with Crippen LogP contribution in [0.4, 0.5) is 0 Å². The van der Waals surface area contributed by atoms with Crippen LogP contribution in [0.5, 0.6) is 0 Å². The summed E-state index contributed by atoms with van der Waals surface area (Å²) in [5.41, 5.74) is 10.2. The van der Waals surface area contributed by atoms with E-state index in [1.807, 2.05) is 24.5 Å². The predicted octanol–water partition coefficient (Wildman–Crippen LogP) is 8.73. The first-order valence-electron chi connectivity index (χ1n) is 12.8. The number of rotatable bonds is 6. The summed E-state index contributed by atoms with van der Waals surface area (Å²) < 4.78 is 2.30. The maximum Gasteiger partial charge on any atom is 0.0991 e. The van der Waals surface area contributed by atoms with E-state index < -0.39 is 0 Å². The van der Waals surface area contributed by atoms with E-state index in [4.69, 9.17) is 0 Å². The van der Waals surface area contributed by atoms with Crippen molar-refractivity contribution in [1.82, 2.24) is 9.55 Å². The van der Waals surface area contributed by atoms with Crippen molar-refractivity contribution < 1.29 is 0 Å². The molecule has 0 aliphatic heterocycles. The molecule has 178 valence electrons. The van der Waals surface area contributed by atoms with Crippen LogP contribution in [-0.4, -0.2) is 9.55 Å². The number of nitrogens with zero attached hydrogens (tertiary/aromatic N) is 3. The fourth-order valence-corrected chi connectivity index (χ4v) is 5.29. The van der Waals surface area contributed by atoms with E-state index in [1.54, 1.807) is 0 Å². The van der Waals surface area contributed by atoms with Gasteiger partial charge < -0.3 is 4.57 Å². The van der Waals surface area contributed by atoms with Gasteiger partial charge in [-0.2, -0.15) is 5.26 Å². The summed E-state index contributed by atoms with van der Waals surface area (Å²) in [6.45, 7) is 2.23. The Kier molecular flexibility index (Phi) is 6.00. The Labute approximate surface area is 217 Å². The van der Waals surface area contributed by atoms with Gasteiger partial charge in [0, 0.05) is 28.9 Å². The van der Waals surface area contributed by atoms with E-state index in [2.05, 4.69) is 107 Å². The molecule has 37 heavy (non-hydrogen) atoms. The summed E-state index contributed by atoms with van der Waals surface area (Å²) in [5.74, 6) is 0. The second-order valence-corrected chi connectivity index (χ2v) is 9.46. The summed E-state index contributed by atoms with van der Waals surface area (Å²) in [6.07, 6.45) is 7.27. The van der Waals surface area contributed by atoms with Gasteiger partial charge in [0.05, 0.1) is 22.7 Å². The van der Waals surface area contributed by atoms with E-state index in [-0.39, 0.29) is 0 Å². The van der Waals surface area contributed by atoms with Crippen LogP contribution in [0.2, 0.25) is 0 Å². The fourth-order valence-electron chi connectivity index (χ4n) is 5.29. The molecule has 0 atom stereocenters. The fraction of sp³-hybridized carbons (Fsp3) is 0.118. The average molecular weight is 478 g/mol. The molecule has 0 bridgehead atoms. The molecule has 0 N–H and O–H groups in total. The first-order chi connectivity index (χ1) is 18.3. The van der Waals surface area contributed by atoms with Crippen molar-refractivity contribution in [3.8, 4) is 34.0 Å². The number of aryl methyl sites for hydroxylation is 1. The largest absolute Gasteiger partial charge is 0.309 e. The summed E-state index contributed by atoms with van der Waals surface area (Å²) >= 11 is 0. The van der Waals surface area contributed by atoms with Crippen molar-refractivity contribution in [2.75, 3.05) is 0 Å². The maximum absolute atomic E-state index is 9.46. The van der Waals surface area contributed by atoms with Gasteiger partial charge in [0.2, 0.25) is 0 Å². The monoisotopic (exact) mass is 477 g/mol. The van der Waals surface area contributed by atoms with Gasteiger partial charge in [-0.25, -0.2) is 0 Å². The molecule has 0 aliphatic rings. The molecule has 4 aromatic carbocycles. The Balaban J connectivity index is 1.47. The minimum absolute atomic E-state index is 0.676. The van der Waals surface area contributed by atoms with Gasteiger partial charge in [-0.15, -0.1) is 0 Å². The van der Waals surface area contributed by atoms with Gasteiger partial charge >= 0.3 is 0 Å². The molecule has 0 amide bonds. The molecule has 0 saturated heterocycles. The molecule has 3 heteroatoms. The van der Waals surface area contributed by atoms with E-state index in [9.17, 15) is 5.26 Å². The van der Waals surface area contributed by atoms with Crippen molar-refractivity contribution in [3.63, 3.8) is 0 Å². The van der Waals surface area contributed by atoms with Crippen molar-refractivity contribution in [1.29, 1.82) is 5.26 Å². The third kappa shape index (κ3) is 4.17. The molecule has 0 spiro atoms. The minimum Gasteiger partial charge on any atom is -0.309 e. The predicted molar refractivity (Wildman–Crippen MR) is 153 cm³/mol. The lowest BCUT2D eigenvalue weighted by atomic mass is 9.95. The molecule has 0 saturated carbocycles. The zero-order valence-electron chi connectivity index (χ0n) is 20.9. The molecule has 0 fully saturated rings. The van der Waals surface area contributed by atoms with Gasteiger partial charge in [0.25, 0.3) is 0 Å². The Bertz CT molecular complexity index is 1790. The Morgan fingerprint density at radius 2 is 1.54 bits per heavy atom. The molecule has 0 aliphatic carbocycles. The minimum atomic E-state index is 0.676. The van der Waals surface area contributed by atoms with Crippen LogP contribution < -0.4 is 0 Å². The van der Waals surface area contributed by atoms with Crippen LogP contribution >= 0.6 is 0 Å². The van der Waals surface area contributed by atoms with E-state index in [0.717, 1.165) is 40.3 Å². The Hall–Kier alpha value is -4.68. The number of unbranched alkanes of at least 4 members (excludes halogenated alkanes) is 1. The third-order valence-corrected chi connectivity index (χ3v) is 7.12. The van der Waals surface area contributed by atoms with Crippen LogP contribution in [0.15, 0.2) is 109 Å². The van der Waals surface area contributed by atoms with Crippen molar-refractivity contribution in [2.45, 2.75) is 26.2 Å². The van der Waals surface area contributed by atoms with E-state index in [0.29, 0.717) is 5.56 Å². The highest BCUT2D eigenvalue weighted by Gasteiger charge is 2.13. The molecule has 2 heterocycles. The van der Waals surface area contributed by atoms with Crippen LogP contribution in [0, 0.1) is 11.3 Å². The number of pyridine rings is 1. The number of para-hydroxylation sites is 1. The lowest BCUT2D eigenvalue weighted by Crippen LogP contribution is -1.95. The number of nitriles is 1. The van der Waals surface area contributed by atoms with Crippen LogP contribution in [-0.2, 0) is 6.42 Å². The molecular weight excluding hydrogens is 450 g/mol. The first-order valence-corrected chi connectivity index (χ1v) is 12.8. The number of aromatic nitrogens is 2. The molecule has 2 aromatic heterocycles. The number of fused-ring (bicyclic) bond motifs is 3. The van der Waals surface area contributed by atoms with Gasteiger partial charge in [-0.3, -0.25) is 4.98 Å². The molecule has 6 rings (SSSR count). The van der Waals surface area contributed by atoms with Gasteiger partial charge in [0.1, 0.15) is 0 Å². The smallest absolute Gasteiger partial charge is 0.0991 e. The van der Waals surface area contributed by atoms with Crippen molar-refractivity contribution in [2.24, 2.45) is 0 Å². The van der Waals surface area contributed by atoms with Gasteiger partial charge in [0.15, 0.2) is 0 Å². The van der Waals surface area contributed by atoms with Crippen LogP contribution in [0.3, 0.4) is 0 Å². The molecular formula is C34H27N3. The highest BCUT2D eigenvalue weighted by molar-refractivity contribution is 6.09. The Morgan fingerprint density at radius 1 is 0.757 bits per heavy atom. The molecule has 0 radical (unpaired) electrons. The zero-order valence-corrected chi connectivity index (χ0v) is 20.9. The highest BCUT2D eigenvalue weighted by Crippen LogP contribution is 2.35. The molecule has 6 aromatic rings. The summed E-state index contributed by atoms with van der Waals surface area (Å²) in [5, 5.41) is 11.7. The van der Waals surface area contributed by atoms with E-state index in [1.165, 1.54) is 34.2 Å². The second-order valence-electron chi connectivity index (χ2n) is 9.46. The lowest BCUT2D eigenvalue weighted by molar-refractivity contribution is 0.793. The third-order valence-electron chi connectivity index (χ3n) is 7.12. The average Bonchev–Trinajstić information content (AvgIpc) is 3.30. The van der Waals surface area contributed by atoms with Gasteiger partial charge in [-0.05, 0) is 89.2 Å². The Morgan fingerprint density at radius 3 is 2.41 bits per heavy atom. The normalized spacial score (nSPS) is 11.1. The summed E-state index contributed by atoms with van der Waals surface area (Å²) in [6, 6.07) is 36.3. The quantitative estimate of drug-likeness (QED) is 0.241. The summed E-state index contributed by atoms with van der Waals surface area (Å²) in [7, 11) is 0. The number of benzene rings is 4. The highest BCUT2D eigenvalue weighted by atomic mass is 15.0. The molecule has 0 unspecified atom stereocenters. The van der Waals surface area contributed by atoms with Crippen molar-refractivity contribution >= 4 is 21.8 Å².